The van der Waals surface area contributed by atoms with Crippen LogP contribution in [0.3, 0.4) is 0 Å². The van der Waals surface area contributed by atoms with E-state index in [1.54, 1.807) is 4.90 Å². The zero-order valence-corrected chi connectivity index (χ0v) is 11.3. The van der Waals surface area contributed by atoms with Gasteiger partial charge in [0.05, 0.1) is 24.4 Å². The van der Waals surface area contributed by atoms with E-state index in [-0.39, 0.29) is 24.8 Å². The largest absolute Gasteiger partial charge is 0.353 e. The zero-order chi connectivity index (χ0) is 14.1. The molecule has 6 nitrogen and oxygen atoms in total. The first-order valence-electron chi connectivity index (χ1n) is 6.62. The van der Waals surface area contributed by atoms with Crippen LogP contribution in [0.1, 0.15) is 11.4 Å². The Hall–Kier alpha value is -2.37. The van der Waals surface area contributed by atoms with Crippen molar-refractivity contribution in [1.82, 2.24) is 19.6 Å². The molecule has 1 aliphatic rings. The summed E-state index contributed by atoms with van der Waals surface area (Å²) in [5.41, 5.74) is 2.58. The first-order chi connectivity index (χ1) is 9.65. The third-order valence-corrected chi connectivity index (χ3v) is 3.54. The van der Waals surface area contributed by atoms with Crippen LogP contribution >= 0.6 is 0 Å². The summed E-state index contributed by atoms with van der Waals surface area (Å²) in [6.45, 7) is 3.14. The lowest BCUT2D eigenvalue weighted by Gasteiger charge is -2.26. The number of rotatable bonds is 2. The van der Waals surface area contributed by atoms with E-state index in [4.69, 9.17) is 0 Å². The Morgan fingerprint density at radius 3 is 3.10 bits per heavy atom. The molecule has 0 radical (unpaired) electrons. The molecule has 2 aromatic rings. The molecule has 3 rings (SSSR count). The van der Waals surface area contributed by atoms with Gasteiger partial charge in [-0.3, -0.25) is 9.59 Å². The fraction of sp³-hybridized carbons (Fsp3) is 0.357. The Labute approximate surface area is 116 Å². The van der Waals surface area contributed by atoms with Crippen molar-refractivity contribution in [3.63, 3.8) is 0 Å². The average molecular weight is 272 g/mol. The van der Waals surface area contributed by atoms with Gasteiger partial charge in [0.2, 0.25) is 11.8 Å². The van der Waals surface area contributed by atoms with E-state index in [1.807, 2.05) is 35.7 Å². The molecule has 0 saturated carbocycles. The number of pyridine rings is 1. The van der Waals surface area contributed by atoms with Gasteiger partial charge in [-0.05, 0) is 19.1 Å². The fourth-order valence-corrected chi connectivity index (χ4v) is 2.48. The minimum absolute atomic E-state index is 0.0337. The maximum absolute atomic E-state index is 12.3. The molecule has 0 aromatic carbocycles. The normalized spacial score (nSPS) is 15.4. The predicted octanol–water partition coefficient (Wildman–Crippen LogP) is 0.144. The number of aromatic nitrogens is 2. The first-order valence-corrected chi connectivity index (χ1v) is 6.62. The van der Waals surface area contributed by atoms with E-state index < -0.39 is 0 Å². The highest BCUT2D eigenvalue weighted by Crippen LogP contribution is 2.13. The minimum Gasteiger partial charge on any atom is -0.353 e. The Morgan fingerprint density at radius 1 is 1.45 bits per heavy atom. The Kier molecular flexibility index (Phi) is 3.14. The molecule has 6 heteroatoms. The lowest BCUT2D eigenvalue weighted by atomic mass is 10.2. The average Bonchev–Trinajstić information content (AvgIpc) is 2.75. The highest BCUT2D eigenvalue weighted by Gasteiger charge is 2.22. The number of carbonyl (C=O) groups excluding carboxylic acids is 2. The molecule has 20 heavy (non-hydrogen) atoms. The molecule has 3 heterocycles. The summed E-state index contributed by atoms with van der Waals surface area (Å²) in [4.78, 5) is 29.7. The summed E-state index contributed by atoms with van der Waals surface area (Å²) < 4.78 is 1.93. The third kappa shape index (κ3) is 2.24. The van der Waals surface area contributed by atoms with Gasteiger partial charge in [-0.2, -0.15) is 0 Å². The maximum Gasteiger partial charge on any atom is 0.239 e. The van der Waals surface area contributed by atoms with E-state index in [9.17, 15) is 9.59 Å². The van der Waals surface area contributed by atoms with Crippen molar-refractivity contribution < 1.29 is 9.59 Å². The second-order valence-electron chi connectivity index (χ2n) is 4.91. The summed E-state index contributed by atoms with van der Waals surface area (Å²) in [7, 11) is 0. The van der Waals surface area contributed by atoms with Crippen LogP contribution in [0.25, 0.3) is 5.65 Å². The molecule has 1 aliphatic heterocycles. The second-order valence-corrected chi connectivity index (χ2v) is 4.91. The second kappa shape index (κ2) is 4.96. The number of nitrogens with one attached hydrogen (secondary N) is 1. The van der Waals surface area contributed by atoms with Crippen LogP contribution in [0.4, 0.5) is 0 Å². The Bertz CT molecular complexity index is 677. The Balaban J connectivity index is 1.84. The van der Waals surface area contributed by atoms with Gasteiger partial charge in [0.15, 0.2) is 0 Å². The number of carbonyl (C=O) groups is 2. The van der Waals surface area contributed by atoms with Gasteiger partial charge < -0.3 is 14.6 Å². The van der Waals surface area contributed by atoms with Crippen molar-refractivity contribution in [2.24, 2.45) is 0 Å². The van der Waals surface area contributed by atoms with Crippen LogP contribution in [-0.4, -0.2) is 45.7 Å². The number of amides is 2. The first kappa shape index (κ1) is 12.7. The number of fused-ring (bicyclic) bond motifs is 1. The van der Waals surface area contributed by atoms with Crippen molar-refractivity contribution in [2.75, 3.05) is 19.6 Å². The van der Waals surface area contributed by atoms with E-state index in [2.05, 4.69) is 10.3 Å². The molecule has 0 spiro atoms. The molecule has 104 valence electrons. The molecule has 0 unspecified atom stereocenters. The summed E-state index contributed by atoms with van der Waals surface area (Å²) >= 11 is 0. The van der Waals surface area contributed by atoms with Crippen molar-refractivity contribution >= 4 is 17.5 Å². The molecule has 1 N–H and O–H groups in total. The number of piperazine rings is 1. The zero-order valence-electron chi connectivity index (χ0n) is 11.3. The molecule has 0 atom stereocenters. The molecular formula is C14H16N4O2. The topological polar surface area (TPSA) is 66.7 Å². The third-order valence-electron chi connectivity index (χ3n) is 3.54. The molecule has 2 amide bonds. The molecule has 0 aliphatic carbocycles. The van der Waals surface area contributed by atoms with Crippen LogP contribution < -0.4 is 5.32 Å². The predicted molar refractivity (Wildman–Crippen MR) is 73.2 cm³/mol. The van der Waals surface area contributed by atoms with Crippen molar-refractivity contribution in [1.29, 1.82) is 0 Å². The molecular weight excluding hydrogens is 256 g/mol. The SMILES string of the molecule is Cc1nc2ccccn2c1CC(=O)N1CCNC(=O)C1. The van der Waals surface area contributed by atoms with Crippen molar-refractivity contribution in [3.8, 4) is 0 Å². The van der Waals surface area contributed by atoms with E-state index in [1.165, 1.54) is 0 Å². The van der Waals surface area contributed by atoms with Gasteiger partial charge in [0.25, 0.3) is 0 Å². The monoisotopic (exact) mass is 272 g/mol. The minimum atomic E-state index is -0.0977. The van der Waals surface area contributed by atoms with Crippen LogP contribution in [-0.2, 0) is 16.0 Å². The van der Waals surface area contributed by atoms with E-state index >= 15 is 0 Å². The van der Waals surface area contributed by atoms with Gasteiger partial charge >= 0.3 is 0 Å². The van der Waals surface area contributed by atoms with Crippen LogP contribution in [0, 0.1) is 6.92 Å². The van der Waals surface area contributed by atoms with Crippen molar-refractivity contribution in [3.05, 3.63) is 35.8 Å². The standard InChI is InChI=1S/C14H16N4O2/c1-10-11(18-6-3-2-4-12(18)16-10)8-14(20)17-7-5-15-13(19)9-17/h2-4,6H,5,7-9H2,1H3,(H,15,19). The van der Waals surface area contributed by atoms with Crippen molar-refractivity contribution in [2.45, 2.75) is 13.3 Å². The summed E-state index contributed by atoms with van der Waals surface area (Å²) in [6, 6.07) is 5.74. The van der Waals surface area contributed by atoms with Gasteiger partial charge in [-0.15, -0.1) is 0 Å². The maximum atomic E-state index is 12.3. The summed E-state index contributed by atoms with van der Waals surface area (Å²) in [6.07, 6.45) is 2.17. The fourth-order valence-electron chi connectivity index (χ4n) is 2.48. The molecule has 2 aromatic heterocycles. The molecule has 0 bridgehead atoms. The smallest absolute Gasteiger partial charge is 0.239 e. The number of nitrogens with zero attached hydrogens (tertiary/aromatic N) is 3. The van der Waals surface area contributed by atoms with Gasteiger partial charge in [-0.1, -0.05) is 6.07 Å². The molecule has 1 saturated heterocycles. The highest BCUT2D eigenvalue weighted by atomic mass is 16.2. The van der Waals surface area contributed by atoms with Gasteiger partial charge in [0, 0.05) is 19.3 Å². The number of aryl methyl sites for hydroxylation is 1. The van der Waals surface area contributed by atoms with Crippen LogP contribution in [0.5, 0.6) is 0 Å². The summed E-state index contributed by atoms with van der Waals surface area (Å²) in [5.74, 6) is -0.131. The molecule has 1 fully saturated rings. The lowest BCUT2D eigenvalue weighted by molar-refractivity contribution is -0.137. The Morgan fingerprint density at radius 2 is 2.30 bits per heavy atom. The number of imidazole rings is 1. The highest BCUT2D eigenvalue weighted by molar-refractivity contribution is 5.86. The van der Waals surface area contributed by atoms with E-state index in [0.29, 0.717) is 13.1 Å². The van der Waals surface area contributed by atoms with Crippen LogP contribution in [0.15, 0.2) is 24.4 Å². The van der Waals surface area contributed by atoms with E-state index in [0.717, 1.165) is 17.0 Å². The lowest BCUT2D eigenvalue weighted by Crippen LogP contribution is -2.50. The van der Waals surface area contributed by atoms with Gasteiger partial charge in [-0.25, -0.2) is 4.98 Å². The number of hydrogen-bond donors (Lipinski definition) is 1. The van der Waals surface area contributed by atoms with Gasteiger partial charge in [0.1, 0.15) is 5.65 Å². The number of hydrogen-bond acceptors (Lipinski definition) is 3. The summed E-state index contributed by atoms with van der Waals surface area (Å²) in [5, 5.41) is 2.72. The quantitative estimate of drug-likeness (QED) is 0.846. The van der Waals surface area contributed by atoms with Crippen LogP contribution in [0.2, 0.25) is 0 Å².